The Balaban J connectivity index is 0.000000924. The average Bonchev–Trinajstić information content (AvgIpc) is 3.00. The number of carboxylic acid groups (broad SMARTS) is 1. The van der Waals surface area contributed by atoms with E-state index in [1.807, 2.05) is 13.8 Å². The molecule has 0 aliphatic heterocycles. The molecule has 23 heavy (non-hydrogen) atoms. The number of oxazole rings is 1. The lowest BCUT2D eigenvalue weighted by atomic mass is 10.1. The molecule has 3 rings (SSSR count). The number of non-ortho nitro benzene ring substituents is 1. The van der Waals surface area contributed by atoms with Crippen LogP contribution < -0.4 is 0 Å². The Kier molecular flexibility index (Phi) is 4.65. The summed E-state index contributed by atoms with van der Waals surface area (Å²) in [4.78, 5) is 29.3. The van der Waals surface area contributed by atoms with Crippen molar-refractivity contribution in [1.29, 1.82) is 0 Å². The van der Waals surface area contributed by atoms with E-state index in [9.17, 15) is 14.9 Å². The van der Waals surface area contributed by atoms with Gasteiger partial charge in [-0.1, -0.05) is 13.8 Å². The third kappa shape index (κ3) is 3.31. The van der Waals surface area contributed by atoms with Gasteiger partial charge in [0, 0.05) is 23.9 Å². The maximum Gasteiger partial charge on any atom is 0.335 e. The summed E-state index contributed by atoms with van der Waals surface area (Å²) < 4.78 is 5.43. The molecule has 0 saturated carbocycles. The molecule has 2 aromatic heterocycles. The third-order valence-corrected chi connectivity index (χ3v) is 2.79. The van der Waals surface area contributed by atoms with Gasteiger partial charge in [0.2, 0.25) is 5.89 Å². The maximum atomic E-state index is 11.0. The SMILES string of the molecule is CC.O=C(O)c1cc(-c2nc3ncccc3o2)cc([N+](=O)[O-])c1. The number of nitrogens with zero attached hydrogens (tertiary/aromatic N) is 3. The van der Waals surface area contributed by atoms with Crippen molar-refractivity contribution in [3.8, 4) is 11.5 Å². The molecule has 8 heteroatoms. The van der Waals surface area contributed by atoms with Crippen molar-refractivity contribution >= 4 is 22.9 Å². The van der Waals surface area contributed by atoms with Gasteiger partial charge in [-0.05, 0) is 18.2 Å². The molecule has 0 bridgehead atoms. The lowest BCUT2D eigenvalue weighted by molar-refractivity contribution is -0.384. The van der Waals surface area contributed by atoms with E-state index in [1.165, 1.54) is 18.3 Å². The van der Waals surface area contributed by atoms with Crippen LogP contribution in [-0.2, 0) is 0 Å². The number of hydrogen-bond donors (Lipinski definition) is 1. The molecule has 0 saturated heterocycles. The Morgan fingerprint density at radius 1 is 1.30 bits per heavy atom. The number of nitro groups is 1. The van der Waals surface area contributed by atoms with Crippen LogP contribution in [0.25, 0.3) is 22.7 Å². The van der Waals surface area contributed by atoms with Crippen molar-refractivity contribution in [1.82, 2.24) is 9.97 Å². The highest BCUT2D eigenvalue weighted by Gasteiger charge is 2.17. The first-order valence-electron chi connectivity index (χ1n) is 6.79. The van der Waals surface area contributed by atoms with E-state index >= 15 is 0 Å². The number of carboxylic acids is 1. The molecule has 0 aliphatic rings. The summed E-state index contributed by atoms with van der Waals surface area (Å²) in [5.41, 5.74) is 0.404. The molecule has 1 aromatic carbocycles. The zero-order valence-electron chi connectivity index (χ0n) is 12.4. The van der Waals surface area contributed by atoms with E-state index in [-0.39, 0.29) is 22.7 Å². The van der Waals surface area contributed by atoms with Gasteiger partial charge in [0.05, 0.1) is 10.5 Å². The number of fused-ring (bicyclic) bond motifs is 1. The molecule has 8 nitrogen and oxygen atoms in total. The fourth-order valence-corrected chi connectivity index (χ4v) is 1.86. The molecule has 0 fully saturated rings. The summed E-state index contributed by atoms with van der Waals surface area (Å²) in [6, 6.07) is 6.76. The molecule has 2 heterocycles. The number of pyridine rings is 1. The molecular weight excluding hydrogens is 302 g/mol. The van der Waals surface area contributed by atoms with Crippen LogP contribution in [0.3, 0.4) is 0 Å². The Hall–Kier alpha value is -3.29. The predicted octanol–water partition coefficient (Wildman–Crippen LogP) is 3.52. The first-order chi connectivity index (χ1) is 11.0. The van der Waals surface area contributed by atoms with Crippen molar-refractivity contribution in [2.24, 2.45) is 0 Å². The number of nitro benzene ring substituents is 1. The minimum Gasteiger partial charge on any atom is -0.478 e. The van der Waals surface area contributed by atoms with E-state index < -0.39 is 10.9 Å². The van der Waals surface area contributed by atoms with Crippen LogP contribution in [0.5, 0.6) is 0 Å². The summed E-state index contributed by atoms with van der Waals surface area (Å²) in [6.07, 6.45) is 1.53. The van der Waals surface area contributed by atoms with Crippen molar-refractivity contribution in [3.63, 3.8) is 0 Å². The largest absolute Gasteiger partial charge is 0.478 e. The van der Waals surface area contributed by atoms with Gasteiger partial charge in [-0.2, -0.15) is 4.98 Å². The monoisotopic (exact) mass is 315 g/mol. The number of aromatic nitrogens is 2. The Labute approximate surface area is 130 Å². The van der Waals surface area contributed by atoms with Crippen molar-refractivity contribution in [3.05, 3.63) is 52.2 Å². The molecular formula is C15H13N3O5. The normalized spacial score (nSPS) is 10.0. The van der Waals surface area contributed by atoms with Crippen molar-refractivity contribution in [2.75, 3.05) is 0 Å². The van der Waals surface area contributed by atoms with Crippen LogP contribution >= 0.6 is 0 Å². The van der Waals surface area contributed by atoms with Gasteiger partial charge in [-0.15, -0.1) is 0 Å². The van der Waals surface area contributed by atoms with E-state index in [2.05, 4.69) is 9.97 Å². The third-order valence-electron chi connectivity index (χ3n) is 2.79. The van der Waals surface area contributed by atoms with Gasteiger partial charge in [-0.3, -0.25) is 10.1 Å². The number of aromatic carboxylic acids is 1. The highest BCUT2D eigenvalue weighted by Crippen LogP contribution is 2.27. The summed E-state index contributed by atoms with van der Waals surface area (Å²) in [5.74, 6) is -1.19. The van der Waals surface area contributed by atoms with Crippen molar-refractivity contribution in [2.45, 2.75) is 13.8 Å². The van der Waals surface area contributed by atoms with E-state index in [0.717, 1.165) is 6.07 Å². The van der Waals surface area contributed by atoms with E-state index in [1.54, 1.807) is 12.1 Å². The molecule has 0 radical (unpaired) electrons. The molecule has 118 valence electrons. The Morgan fingerprint density at radius 3 is 2.65 bits per heavy atom. The first kappa shape index (κ1) is 16.1. The Morgan fingerprint density at radius 2 is 2.04 bits per heavy atom. The summed E-state index contributed by atoms with van der Waals surface area (Å²) in [7, 11) is 0. The number of carbonyl (C=O) groups is 1. The molecule has 0 aliphatic carbocycles. The second-order valence-corrected chi connectivity index (χ2v) is 4.17. The lowest BCUT2D eigenvalue weighted by Crippen LogP contribution is -1.99. The minimum absolute atomic E-state index is 0.0786. The van der Waals surface area contributed by atoms with Crippen molar-refractivity contribution < 1.29 is 19.2 Å². The number of rotatable bonds is 3. The lowest BCUT2D eigenvalue weighted by Gasteiger charge is -1.99. The molecule has 0 spiro atoms. The van der Waals surface area contributed by atoms with Gasteiger partial charge >= 0.3 is 5.97 Å². The zero-order valence-corrected chi connectivity index (χ0v) is 12.4. The second kappa shape index (κ2) is 6.65. The molecule has 0 unspecified atom stereocenters. The quantitative estimate of drug-likeness (QED) is 0.580. The van der Waals surface area contributed by atoms with Gasteiger partial charge in [0.15, 0.2) is 11.2 Å². The summed E-state index contributed by atoms with van der Waals surface area (Å²) in [6.45, 7) is 4.00. The maximum absolute atomic E-state index is 11.0. The van der Waals surface area contributed by atoms with Gasteiger partial charge in [0.25, 0.3) is 5.69 Å². The van der Waals surface area contributed by atoms with Gasteiger partial charge in [-0.25, -0.2) is 9.78 Å². The smallest absolute Gasteiger partial charge is 0.335 e. The molecule has 0 amide bonds. The van der Waals surface area contributed by atoms with Gasteiger partial charge < -0.3 is 9.52 Å². The first-order valence-corrected chi connectivity index (χ1v) is 6.79. The second-order valence-electron chi connectivity index (χ2n) is 4.17. The number of benzene rings is 1. The topological polar surface area (TPSA) is 119 Å². The summed E-state index contributed by atoms with van der Waals surface area (Å²) >= 11 is 0. The summed E-state index contributed by atoms with van der Waals surface area (Å²) in [5, 5.41) is 19.9. The van der Waals surface area contributed by atoms with Crippen LogP contribution in [0, 0.1) is 10.1 Å². The predicted molar refractivity (Wildman–Crippen MR) is 82.2 cm³/mol. The van der Waals surface area contributed by atoms with Crippen LogP contribution in [0.4, 0.5) is 5.69 Å². The van der Waals surface area contributed by atoms with Crippen LogP contribution in [-0.4, -0.2) is 26.0 Å². The highest BCUT2D eigenvalue weighted by molar-refractivity contribution is 5.90. The van der Waals surface area contributed by atoms with Gasteiger partial charge in [0.1, 0.15) is 0 Å². The minimum atomic E-state index is -1.27. The van der Waals surface area contributed by atoms with Crippen LogP contribution in [0.1, 0.15) is 24.2 Å². The van der Waals surface area contributed by atoms with E-state index in [0.29, 0.717) is 11.2 Å². The molecule has 0 atom stereocenters. The van der Waals surface area contributed by atoms with E-state index in [4.69, 9.17) is 9.52 Å². The fraction of sp³-hybridized carbons (Fsp3) is 0.133. The standard InChI is InChI=1S/C13H7N3O5.C2H6/c17-13(18)8-4-7(5-9(6-8)16(19)20)12-15-11-10(21-12)2-1-3-14-11;1-2/h1-6H,(H,17,18);1-2H3. The average molecular weight is 315 g/mol. The molecule has 3 aromatic rings. The van der Waals surface area contributed by atoms with Crippen LogP contribution in [0.2, 0.25) is 0 Å². The Bertz CT molecular complexity index is 807. The highest BCUT2D eigenvalue weighted by atomic mass is 16.6. The van der Waals surface area contributed by atoms with Crippen LogP contribution in [0.15, 0.2) is 40.9 Å². The zero-order chi connectivity index (χ0) is 17.0. The number of hydrogen-bond acceptors (Lipinski definition) is 6. The fourth-order valence-electron chi connectivity index (χ4n) is 1.86. The molecule has 1 N–H and O–H groups in total.